The average Bonchev–Trinajstić information content (AvgIpc) is 2.83. The molecule has 0 bridgehead atoms. The number of rotatable bonds is 2. The van der Waals surface area contributed by atoms with Crippen molar-refractivity contribution in [1.82, 2.24) is 14.9 Å². The quantitative estimate of drug-likeness (QED) is 0.852. The minimum Gasteiger partial charge on any atom is -0.326 e. The number of aryl methyl sites for hydroxylation is 1. The molecular weight excluding hydrogens is 210 g/mol. The van der Waals surface area contributed by atoms with Crippen LogP contribution in [0.15, 0.2) is 30.5 Å². The highest BCUT2D eigenvalue weighted by atomic mass is 15.2. The molecule has 1 aliphatic heterocycles. The molecule has 1 N–H and O–H groups in total. The molecule has 1 aliphatic rings. The Bertz CT molecular complexity index is 511. The van der Waals surface area contributed by atoms with Crippen LogP contribution in [0.2, 0.25) is 0 Å². The molecule has 88 valence electrons. The van der Waals surface area contributed by atoms with Gasteiger partial charge < -0.3 is 9.88 Å². The molecule has 1 aromatic carbocycles. The lowest BCUT2D eigenvalue weighted by atomic mass is 10.1. The first-order chi connectivity index (χ1) is 8.38. The van der Waals surface area contributed by atoms with Gasteiger partial charge in [0.2, 0.25) is 0 Å². The highest BCUT2D eigenvalue weighted by molar-refractivity contribution is 5.60. The number of hydrogen-bond acceptors (Lipinski definition) is 2. The second-order valence-corrected chi connectivity index (χ2v) is 4.44. The van der Waals surface area contributed by atoms with Gasteiger partial charge in [-0.15, -0.1) is 0 Å². The van der Waals surface area contributed by atoms with Crippen molar-refractivity contribution in [3.05, 3.63) is 41.9 Å². The van der Waals surface area contributed by atoms with Gasteiger partial charge in [0.15, 0.2) is 0 Å². The van der Waals surface area contributed by atoms with Crippen LogP contribution in [-0.2, 0) is 19.5 Å². The van der Waals surface area contributed by atoms with Gasteiger partial charge in [-0.05, 0) is 17.5 Å². The van der Waals surface area contributed by atoms with Gasteiger partial charge in [-0.3, -0.25) is 0 Å². The van der Waals surface area contributed by atoms with Gasteiger partial charge in [-0.1, -0.05) is 31.2 Å². The highest BCUT2D eigenvalue weighted by Crippen LogP contribution is 2.22. The summed E-state index contributed by atoms with van der Waals surface area (Å²) in [6.07, 6.45) is 3.08. The van der Waals surface area contributed by atoms with E-state index in [4.69, 9.17) is 0 Å². The molecule has 0 radical (unpaired) electrons. The Morgan fingerprint density at radius 2 is 2.12 bits per heavy atom. The van der Waals surface area contributed by atoms with Crippen LogP contribution in [0.5, 0.6) is 0 Å². The molecular formula is C14H17N3. The molecule has 0 unspecified atom stereocenters. The first kappa shape index (κ1) is 10.5. The zero-order chi connectivity index (χ0) is 11.7. The molecule has 0 saturated heterocycles. The van der Waals surface area contributed by atoms with Gasteiger partial charge >= 0.3 is 0 Å². The van der Waals surface area contributed by atoms with Gasteiger partial charge in [0.05, 0.1) is 18.4 Å². The third-order valence-electron chi connectivity index (χ3n) is 3.39. The van der Waals surface area contributed by atoms with Gasteiger partial charge in [0, 0.05) is 13.1 Å². The standard InChI is InChI=1S/C14H17N3/c1-2-11-3-5-12(6-4-11)13-9-16-14-10-15-7-8-17(13)14/h3-6,9,15H,2,7-8,10H2,1H3. The van der Waals surface area contributed by atoms with Crippen molar-refractivity contribution < 1.29 is 0 Å². The molecule has 0 amide bonds. The molecule has 0 atom stereocenters. The number of benzene rings is 1. The topological polar surface area (TPSA) is 29.9 Å². The van der Waals surface area contributed by atoms with E-state index in [-0.39, 0.29) is 0 Å². The second kappa shape index (κ2) is 4.34. The SMILES string of the molecule is CCc1ccc(-c2cnc3n2CCNC3)cc1. The number of hydrogen-bond donors (Lipinski definition) is 1. The smallest absolute Gasteiger partial charge is 0.123 e. The molecule has 0 saturated carbocycles. The summed E-state index contributed by atoms with van der Waals surface area (Å²) in [7, 11) is 0. The Hall–Kier alpha value is -1.61. The first-order valence-electron chi connectivity index (χ1n) is 6.23. The van der Waals surface area contributed by atoms with Crippen LogP contribution in [0.3, 0.4) is 0 Å². The summed E-state index contributed by atoms with van der Waals surface area (Å²) in [5.41, 5.74) is 3.89. The number of fused-ring (bicyclic) bond motifs is 1. The molecule has 17 heavy (non-hydrogen) atoms. The summed E-state index contributed by atoms with van der Waals surface area (Å²) in [5, 5.41) is 3.34. The minimum atomic E-state index is 0.882. The van der Waals surface area contributed by atoms with E-state index in [0.717, 1.165) is 31.9 Å². The van der Waals surface area contributed by atoms with E-state index in [1.807, 2.05) is 6.20 Å². The number of imidazole rings is 1. The lowest BCUT2D eigenvalue weighted by molar-refractivity contribution is 0.508. The van der Waals surface area contributed by atoms with Crippen molar-refractivity contribution in [2.75, 3.05) is 6.54 Å². The normalized spacial score (nSPS) is 14.6. The van der Waals surface area contributed by atoms with Crippen molar-refractivity contribution in [3.63, 3.8) is 0 Å². The van der Waals surface area contributed by atoms with Crippen LogP contribution in [0.25, 0.3) is 11.3 Å². The van der Waals surface area contributed by atoms with Crippen molar-refractivity contribution in [2.24, 2.45) is 0 Å². The van der Waals surface area contributed by atoms with Crippen LogP contribution in [0.4, 0.5) is 0 Å². The Morgan fingerprint density at radius 3 is 2.88 bits per heavy atom. The van der Waals surface area contributed by atoms with Crippen LogP contribution in [0, 0.1) is 0 Å². The van der Waals surface area contributed by atoms with E-state index in [0.29, 0.717) is 0 Å². The summed E-state index contributed by atoms with van der Waals surface area (Å²) in [5.74, 6) is 1.14. The summed E-state index contributed by atoms with van der Waals surface area (Å²) in [6, 6.07) is 8.81. The molecule has 0 spiro atoms. The monoisotopic (exact) mass is 227 g/mol. The Balaban J connectivity index is 2.00. The Morgan fingerprint density at radius 1 is 1.29 bits per heavy atom. The van der Waals surface area contributed by atoms with Crippen molar-refractivity contribution in [2.45, 2.75) is 26.4 Å². The molecule has 0 aliphatic carbocycles. The van der Waals surface area contributed by atoms with Gasteiger partial charge in [-0.25, -0.2) is 4.98 Å². The largest absolute Gasteiger partial charge is 0.326 e. The van der Waals surface area contributed by atoms with E-state index < -0.39 is 0 Å². The summed E-state index contributed by atoms with van der Waals surface area (Å²) >= 11 is 0. The van der Waals surface area contributed by atoms with E-state index in [2.05, 4.69) is 46.1 Å². The predicted molar refractivity (Wildman–Crippen MR) is 68.7 cm³/mol. The molecule has 3 nitrogen and oxygen atoms in total. The van der Waals surface area contributed by atoms with Crippen molar-refractivity contribution in [1.29, 1.82) is 0 Å². The van der Waals surface area contributed by atoms with Gasteiger partial charge in [-0.2, -0.15) is 0 Å². The zero-order valence-corrected chi connectivity index (χ0v) is 10.1. The molecule has 3 heteroatoms. The van der Waals surface area contributed by atoms with Crippen LogP contribution < -0.4 is 5.32 Å². The molecule has 1 aromatic heterocycles. The Labute approximate surface area is 101 Å². The van der Waals surface area contributed by atoms with Gasteiger partial charge in [0.25, 0.3) is 0 Å². The summed E-state index contributed by atoms with van der Waals surface area (Å²) < 4.78 is 2.32. The maximum Gasteiger partial charge on any atom is 0.123 e. The van der Waals surface area contributed by atoms with Crippen molar-refractivity contribution >= 4 is 0 Å². The van der Waals surface area contributed by atoms with E-state index in [1.54, 1.807) is 0 Å². The fourth-order valence-corrected chi connectivity index (χ4v) is 2.34. The number of nitrogens with one attached hydrogen (secondary N) is 1. The Kier molecular flexibility index (Phi) is 2.69. The summed E-state index contributed by atoms with van der Waals surface area (Å²) in [4.78, 5) is 4.48. The molecule has 0 fully saturated rings. The molecule has 2 aromatic rings. The lowest BCUT2D eigenvalue weighted by Gasteiger charge is -2.17. The lowest BCUT2D eigenvalue weighted by Crippen LogP contribution is -2.28. The van der Waals surface area contributed by atoms with E-state index >= 15 is 0 Å². The third kappa shape index (κ3) is 1.87. The maximum absolute atomic E-state index is 4.48. The van der Waals surface area contributed by atoms with Crippen molar-refractivity contribution in [3.8, 4) is 11.3 Å². The third-order valence-corrected chi connectivity index (χ3v) is 3.39. The summed E-state index contributed by atoms with van der Waals surface area (Å²) in [6.45, 7) is 5.11. The maximum atomic E-state index is 4.48. The van der Waals surface area contributed by atoms with E-state index in [9.17, 15) is 0 Å². The van der Waals surface area contributed by atoms with E-state index in [1.165, 1.54) is 16.8 Å². The van der Waals surface area contributed by atoms with Crippen LogP contribution >= 0.6 is 0 Å². The van der Waals surface area contributed by atoms with Crippen LogP contribution in [-0.4, -0.2) is 16.1 Å². The second-order valence-electron chi connectivity index (χ2n) is 4.44. The molecule has 2 heterocycles. The number of aromatic nitrogens is 2. The minimum absolute atomic E-state index is 0.882. The fourth-order valence-electron chi connectivity index (χ4n) is 2.34. The van der Waals surface area contributed by atoms with Crippen LogP contribution in [0.1, 0.15) is 18.3 Å². The average molecular weight is 227 g/mol. The molecule has 3 rings (SSSR count). The van der Waals surface area contributed by atoms with Gasteiger partial charge in [0.1, 0.15) is 5.82 Å². The predicted octanol–water partition coefficient (Wildman–Crippen LogP) is 2.22. The zero-order valence-electron chi connectivity index (χ0n) is 10.1. The fraction of sp³-hybridized carbons (Fsp3) is 0.357. The number of nitrogens with zero attached hydrogens (tertiary/aromatic N) is 2. The first-order valence-corrected chi connectivity index (χ1v) is 6.23. The highest BCUT2D eigenvalue weighted by Gasteiger charge is 2.14.